The average Bonchev–Trinajstić information content (AvgIpc) is 2.32. The van der Waals surface area contributed by atoms with Crippen molar-refractivity contribution in [2.45, 2.75) is 6.04 Å². The zero-order valence-electron chi connectivity index (χ0n) is 10.1. The highest BCUT2D eigenvalue weighted by atomic mass is 79.9. The van der Waals surface area contributed by atoms with Crippen LogP contribution in [-0.4, -0.2) is 38.8 Å². The molecule has 0 bridgehead atoms. The van der Waals surface area contributed by atoms with Gasteiger partial charge in [-0.2, -0.15) is 0 Å². The summed E-state index contributed by atoms with van der Waals surface area (Å²) in [6.45, 7) is 2.02. The van der Waals surface area contributed by atoms with Crippen LogP contribution in [0.1, 0.15) is 11.6 Å². The predicted octanol–water partition coefficient (Wildman–Crippen LogP) is 2.68. The Morgan fingerprint density at radius 3 is 2.82 bits per heavy atom. The highest BCUT2D eigenvalue weighted by Gasteiger charge is 2.18. The second-order valence-electron chi connectivity index (χ2n) is 3.89. The zero-order chi connectivity index (χ0) is 12.8. The molecule has 0 saturated heterocycles. The molecular weight excluding hydrogens is 304 g/mol. The average molecular weight is 322 g/mol. The van der Waals surface area contributed by atoms with E-state index in [0.717, 1.165) is 21.6 Å². The molecule has 0 fully saturated rings. The van der Waals surface area contributed by atoms with E-state index in [0.29, 0.717) is 13.2 Å². The molecule has 3 nitrogen and oxygen atoms in total. The van der Waals surface area contributed by atoms with E-state index in [1.807, 2.05) is 25.2 Å². The third-order valence-electron chi connectivity index (χ3n) is 2.72. The van der Waals surface area contributed by atoms with Crippen LogP contribution >= 0.6 is 27.5 Å². The van der Waals surface area contributed by atoms with Crippen LogP contribution in [-0.2, 0) is 4.74 Å². The maximum atomic E-state index is 6.21. The maximum absolute atomic E-state index is 6.21. The van der Waals surface area contributed by atoms with Gasteiger partial charge in [-0.1, -0.05) is 27.5 Å². The lowest BCUT2D eigenvalue weighted by atomic mass is 10.1. The van der Waals surface area contributed by atoms with Gasteiger partial charge in [0.15, 0.2) is 0 Å². The van der Waals surface area contributed by atoms with Crippen LogP contribution in [0.2, 0.25) is 5.02 Å². The second kappa shape index (κ2) is 7.34. The van der Waals surface area contributed by atoms with Crippen LogP contribution < -0.4 is 5.73 Å². The summed E-state index contributed by atoms with van der Waals surface area (Å²) in [5.74, 6) is 0. The quantitative estimate of drug-likeness (QED) is 0.875. The van der Waals surface area contributed by atoms with Crippen molar-refractivity contribution in [3.05, 3.63) is 33.3 Å². The topological polar surface area (TPSA) is 38.5 Å². The molecule has 1 unspecified atom stereocenters. The summed E-state index contributed by atoms with van der Waals surface area (Å²) in [5.41, 5.74) is 6.88. The van der Waals surface area contributed by atoms with Crippen molar-refractivity contribution in [1.82, 2.24) is 4.90 Å². The van der Waals surface area contributed by atoms with E-state index >= 15 is 0 Å². The summed E-state index contributed by atoms with van der Waals surface area (Å²) in [6, 6.07) is 5.93. The molecule has 17 heavy (non-hydrogen) atoms. The largest absolute Gasteiger partial charge is 0.383 e. The summed E-state index contributed by atoms with van der Waals surface area (Å²) >= 11 is 9.67. The van der Waals surface area contributed by atoms with E-state index in [2.05, 4.69) is 20.8 Å². The van der Waals surface area contributed by atoms with Crippen LogP contribution in [0.3, 0.4) is 0 Å². The molecular formula is C12H18BrClN2O. The number of halogens is 2. The number of rotatable bonds is 6. The number of likely N-dealkylation sites (N-methyl/N-ethyl adjacent to an activating group) is 1. The number of benzene rings is 1. The van der Waals surface area contributed by atoms with Crippen molar-refractivity contribution < 1.29 is 4.74 Å². The highest BCUT2D eigenvalue weighted by molar-refractivity contribution is 9.10. The molecule has 0 spiro atoms. The van der Waals surface area contributed by atoms with E-state index in [9.17, 15) is 0 Å². The first-order valence-electron chi connectivity index (χ1n) is 5.44. The SMILES string of the molecule is COCCN(C)C(CN)c1cc(Br)ccc1Cl. The Hall–Kier alpha value is -0.130. The van der Waals surface area contributed by atoms with Gasteiger partial charge in [-0.15, -0.1) is 0 Å². The Morgan fingerprint density at radius 1 is 1.53 bits per heavy atom. The van der Waals surface area contributed by atoms with Gasteiger partial charge in [0.25, 0.3) is 0 Å². The van der Waals surface area contributed by atoms with Gasteiger partial charge in [0.1, 0.15) is 0 Å². The number of nitrogens with two attached hydrogens (primary N) is 1. The first-order valence-corrected chi connectivity index (χ1v) is 6.61. The van der Waals surface area contributed by atoms with E-state index in [1.165, 1.54) is 0 Å². The number of hydrogen-bond acceptors (Lipinski definition) is 3. The van der Waals surface area contributed by atoms with Crippen molar-refractivity contribution in [2.75, 3.05) is 33.9 Å². The third-order valence-corrected chi connectivity index (χ3v) is 3.56. The maximum Gasteiger partial charge on any atom is 0.0589 e. The Kier molecular flexibility index (Phi) is 6.44. The molecule has 1 atom stereocenters. The molecule has 0 aromatic heterocycles. The molecule has 0 radical (unpaired) electrons. The van der Waals surface area contributed by atoms with Crippen molar-refractivity contribution in [3.63, 3.8) is 0 Å². The van der Waals surface area contributed by atoms with Crippen molar-refractivity contribution in [2.24, 2.45) is 5.73 Å². The van der Waals surface area contributed by atoms with Gasteiger partial charge in [-0.3, -0.25) is 4.90 Å². The minimum Gasteiger partial charge on any atom is -0.383 e. The fraction of sp³-hybridized carbons (Fsp3) is 0.500. The van der Waals surface area contributed by atoms with Gasteiger partial charge in [0.05, 0.1) is 6.61 Å². The number of nitrogens with zero attached hydrogens (tertiary/aromatic N) is 1. The Balaban J connectivity index is 2.88. The van der Waals surface area contributed by atoms with E-state index in [4.69, 9.17) is 22.1 Å². The minimum absolute atomic E-state index is 0.107. The molecule has 1 aromatic rings. The van der Waals surface area contributed by atoms with Gasteiger partial charge in [0, 0.05) is 35.7 Å². The summed E-state index contributed by atoms with van der Waals surface area (Å²) in [5, 5.41) is 0.743. The third kappa shape index (κ3) is 4.23. The molecule has 0 aliphatic carbocycles. The molecule has 0 aliphatic heterocycles. The Morgan fingerprint density at radius 2 is 2.24 bits per heavy atom. The summed E-state index contributed by atoms with van der Waals surface area (Å²) < 4.78 is 6.08. The van der Waals surface area contributed by atoms with Crippen LogP contribution in [0.5, 0.6) is 0 Å². The van der Waals surface area contributed by atoms with Gasteiger partial charge >= 0.3 is 0 Å². The lowest BCUT2D eigenvalue weighted by Crippen LogP contribution is -2.33. The number of methoxy groups -OCH3 is 1. The Labute approximate surface area is 116 Å². The summed E-state index contributed by atoms with van der Waals surface area (Å²) in [4.78, 5) is 2.15. The summed E-state index contributed by atoms with van der Waals surface area (Å²) in [6.07, 6.45) is 0. The van der Waals surface area contributed by atoms with Gasteiger partial charge < -0.3 is 10.5 Å². The molecule has 0 heterocycles. The summed E-state index contributed by atoms with van der Waals surface area (Å²) in [7, 11) is 3.71. The monoisotopic (exact) mass is 320 g/mol. The molecule has 1 rings (SSSR count). The van der Waals surface area contributed by atoms with Crippen LogP contribution in [0.15, 0.2) is 22.7 Å². The zero-order valence-corrected chi connectivity index (χ0v) is 12.5. The second-order valence-corrected chi connectivity index (χ2v) is 5.21. The highest BCUT2D eigenvalue weighted by Crippen LogP contribution is 2.28. The minimum atomic E-state index is 0.107. The number of ether oxygens (including phenoxy) is 1. The van der Waals surface area contributed by atoms with Crippen molar-refractivity contribution in [3.8, 4) is 0 Å². The van der Waals surface area contributed by atoms with Crippen LogP contribution in [0, 0.1) is 0 Å². The van der Waals surface area contributed by atoms with Gasteiger partial charge in [-0.25, -0.2) is 0 Å². The smallest absolute Gasteiger partial charge is 0.0589 e. The lowest BCUT2D eigenvalue weighted by Gasteiger charge is -2.27. The first-order chi connectivity index (χ1) is 8.10. The molecule has 2 N–H and O–H groups in total. The molecule has 1 aromatic carbocycles. The first kappa shape index (κ1) is 14.9. The van der Waals surface area contributed by atoms with Crippen LogP contribution in [0.25, 0.3) is 0 Å². The van der Waals surface area contributed by atoms with E-state index in [1.54, 1.807) is 7.11 Å². The molecule has 0 aliphatic rings. The predicted molar refractivity (Wildman–Crippen MR) is 75.5 cm³/mol. The van der Waals surface area contributed by atoms with Crippen molar-refractivity contribution in [1.29, 1.82) is 0 Å². The molecule has 0 saturated carbocycles. The number of hydrogen-bond donors (Lipinski definition) is 1. The molecule has 96 valence electrons. The van der Waals surface area contributed by atoms with Crippen molar-refractivity contribution >= 4 is 27.5 Å². The lowest BCUT2D eigenvalue weighted by molar-refractivity contribution is 0.140. The van der Waals surface area contributed by atoms with Gasteiger partial charge in [0.2, 0.25) is 0 Å². The Bertz CT molecular complexity index is 362. The molecule has 0 amide bonds. The van der Waals surface area contributed by atoms with Crippen LogP contribution in [0.4, 0.5) is 0 Å². The van der Waals surface area contributed by atoms with E-state index < -0.39 is 0 Å². The van der Waals surface area contributed by atoms with Gasteiger partial charge in [-0.05, 0) is 30.8 Å². The normalized spacial score (nSPS) is 13.1. The van der Waals surface area contributed by atoms with E-state index in [-0.39, 0.29) is 6.04 Å². The fourth-order valence-corrected chi connectivity index (χ4v) is 2.33. The fourth-order valence-electron chi connectivity index (χ4n) is 1.71. The standard InChI is InChI=1S/C12H18BrClN2O/c1-16(5-6-17-2)12(8-15)10-7-9(13)3-4-11(10)14/h3-4,7,12H,5-6,8,15H2,1-2H3. The molecule has 5 heteroatoms.